The first-order valence-electron chi connectivity index (χ1n) is 8.54. The van der Waals surface area contributed by atoms with Crippen molar-refractivity contribution in [2.75, 3.05) is 18.6 Å². The third kappa shape index (κ3) is 3.43. The van der Waals surface area contributed by atoms with Crippen molar-refractivity contribution in [2.24, 2.45) is 0 Å². The zero-order valence-corrected chi connectivity index (χ0v) is 15.8. The third-order valence-corrected chi connectivity index (χ3v) is 5.16. The Morgan fingerprint density at radius 3 is 2.86 bits per heavy atom. The summed E-state index contributed by atoms with van der Waals surface area (Å²) in [5.41, 5.74) is 3.48. The number of hydrogen-bond acceptors (Lipinski definition) is 5. The van der Waals surface area contributed by atoms with Gasteiger partial charge in [-0.05, 0) is 30.7 Å². The van der Waals surface area contributed by atoms with Gasteiger partial charge in [0, 0.05) is 29.1 Å². The zero-order valence-electron chi connectivity index (χ0n) is 14.9. The van der Waals surface area contributed by atoms with Crippen LogP contribution in [0.15, 0.2) is 41.2 Å². The van der Waals surface area contributed by atoms with E-state index in [1.165, 1.54) is 29.4 Å². The molecule has 1 aliphatic rings. The summed E-state index contributed by atoms with van der Waals surface area (Å²) < 4.78 is 38.6. The van der Waals surface area contributed by atoms with Crippen LogP contribution in [0.2, 0.25) is 0 Å². The Bertz CT molecular complexity index is 1020. The lowest BCUT2D eigenvalue weighted by molar-refractivity contribution is 0.0989. The van der Waals surface area contributed by atoms with E-state index in [0.717, 1.165) is 11.8 Å². The number of aromatic nitrogens is 1. The van der Waals surface area contributed by atoms with E-state index in [9.17, 15) is 13.6 Å². The molecule has 28 heavy (non-hydrogen) atoms. The highest BCUT2D eigenvalue weighted by Gasteiger charge is 2.29. The molecule has 0 aliphatic carbocycles. The maximum atomic E-state index is 13.9. The summed E-state index contributed by atoms with van der Waals surface area (Å²) in [4.78, 5) is 18.5. The van der Waals surface area contributed by atoms with E-state index in [1.54, 1.807) is 23.7 Å². The largest absolute Gasteiger partial charge is 0.493 e. The molecule has 1 amide bonds. The van der Waals surface area contributed by atoms with Crippen LogP contribution in [0.25, 0.3) is 0 Å². The Morgan fingerprint density at radius 2 is 2.11 bits per heavy atom. The Kier molecular flexibility index (Phi) is 4.95. The van der Waals surface area contributed by atoms with Crippen molar-refractivity contribution in [2.45, 2.75) is 13.0 Å². The number of halogens is 2. The average Bonchev–Trinajstić information content (AvgIpc) is 3.35. The van der Waals surface area contributed by atoms with E-state index < -0.39 is 11.6 Å². The van der Waals surface area contributed by atoms with Crippen LogP contribution < -0.4 is 14.4 Å². The number of amides is 1. The Hall–Kier alpha value is -3.00. The monoisotopic (exact) mass is 402 g/mol. The van der Waals surface area contributed by atoms with E-state index >= 15 is 0 Å². The van der Waals surface area contributed by atoms with Crippen LogP contribution in [0, 0.1) is 11.6 Å². The smallest absolute Gasteiger partial charge is 0.258 e. The van der Waals surface area contributed by atoms with E-state index in [-0.39, 0.29) is 18.2 Å². The predicted octanol–water partition coefficient (Wildman–Crippen LogP) is 4.21. The van der Waals surface area contributed by atoms with Gasteiger partial charge in [-0.3, -0.25) is 4.79 Å². The maximum absolute atomic E-state index is 13.9. The standard InChI is InChI=1S/C20H16F2N2O3S/c1-26-19-6-12(2-3-18(19)27-9-14-10-28-11-23-14)20(25)24-5-4-15-16(22)7-13(21)8-17(15)24/h2-3,6-8,10-11H,4-5,9H2,1H3. The minimum Gasteiger partial charge on any atom is -0.493 e. The first-order valence-corrected chi connectivity index (χ1v) is 9.49. The van der Waals surface area contributed by atoms with Crippen LogP contribution in [0.3, 0.4) is 0 Å². The van der Waals surface area contributed by atoms with Crippen LogP contribution in [0.1, 0.15) is 21.6 Å². The van der Waals surface area contributed by atoms with Crippen LogP contribution >= 0.6 is 11.3 Å². The molecule has 0 saturated heterocycles. The molecular formula is C20H16F2N2O3S. The van der Waals surface area contributed by atoms with Gasteiger partial charge >= 0.3 is 0 Å². The van der Waals surface area contributed by atoms with Gasteiger partial charge in [0.2, 0.25) is 0 Å². The van der Waals surface area contributed by atoms with E-state index in [2.05, 4.69) is 4.98 Å². The van der Waals surface area contributed by atoms with Gasteiger partial charge in [0.05, 0.1) is 24.0 Å². The highest BCUT2D eigenvalue weighted by atomic mass is 32.1. The van der Waals surface area contributed by atoms with E-state index in [0.29, 0.717) is 35.6 Å². The fraction of sp³-hybridized carbons (Fsp3) is 0.200. The number of thiazole rings is 1. The van der Waals surface area contributed by atoms with Crippen molar-refractivity contribution in [3.63, 3.8) is 0 Å². The summed E-state index contributed by atoms with van der Waals surface area (Å²) in [5.74, 6) is -0.821. The van der Waals surface area contributed by atoms with Crippen molar-refractivity contribution in [1.82, 2.24) is 4.98 Å². The first kappa shape index (κ1) is 18.4. The molecule has 0 saturated carbocycles. The van der Waals surface area contributed by atoms with E-state index in [1.807, 2.05) is 5.38 Å². The van der Waals surface area contributed by atoms with Crippen molar-refractivity contribution in [3.05, 3.63) is 69.7 Å². The first-order chi connectivity index (χ1) is 13.6. The number of methoxy groups -OCH3 is 1. The van der Waals surface area contributed by atoms with Crippen LogP contribution in [0.5, 0.6) is 11.5 Å². The van der Waals surface area contributed by atoms with Gasteiger partial charge in [-0.25, -0.2) is 13.8 Å². The number of hydrogen-bond donors (Lipinski definition) is 0. The summed E-state index contributed by atoms with van der Waals surface area (Å²) >= 11 is 1.48. The molecule has 4 rings (SSSR count). The third-order valence-electron chi connectivity index (χ3n) is 4.53. The minimum atomic E-state index is -0.709. The van der Waals surface area contributed by atoms with Gasteiger partial charge in [0.15, 0.2) is 11.5 Å². The van der Waals surface area contributed by atoms with Crippen LogP contribution in [-0.2, 0) is 13.0 Å². The number of nitrogens with zero attached hydrogens (tertiary/aromatic N) is 2. The second-order valence-electron chi connectivity index (χ2n) is 6.23. The molecule has 0 atom stereocenters. The fourth-order valence-electron chi connectivity index (χ4n) is 3.17. The lowest BCUT2D eigenvalue weighted by Crippen LogP contribution is -2.29. The molecule has 144 valence electrons. The van der Waals surface area contributed by atoms with Gasteiger partial charge in [-0.2, -0.15) is 0 Å². The molecule has 0 N–H and O–H groups in total. The molecule has 0 radical (unpaired) electrons. The summed E-state index contributed by atoms with van der Waals surface area (Å²) in [6, 6.07) is 6.83. The molecule has 0 spiro atoms. The van der Waals surface area contributed by atoms with Gasteiger partial charge in [0.25, 0.3) is 5.91 Å². The lowest BCUT2D eigenvalue weighted by atomic mass is 10.1. The highest BCUT2D eigenvalue weighted by Crippen LogP contribution is 2.34. The molecule has 0 fully saturated rings. The highest BCUT2D eigenvalue weighted by molar-refractivity contribution is 7.07. The molecule has 2 heterocycles. The maximum Gasteiger partial charge on any atom is 0.258 e. The second-order valence-corrected chi connectivity index (χ2v) is 6.94. The van der Waals surface area contributed by atoms with Crippen molar-refractivity contribution < 1.29 is 23.0 Å². The van der Waals surface area contributed by atoms with Gasteiger partial charge < -0.3 is 14.4 Å². The topological polar surface area (TPSA) is 51.7 Å². The summed E-state index contributed by atoms with van der Waals surface area (Å²) in [5, 5.41) is 1.88. The minimum absolute atomic E-state index is 0.269. The molecule has 0 unspecified atom stereocenters. The van der Waals surface area contributed by atoms with Crippen molar-refractivity contribution in [1.29, 1.82) is 0 Å². The molecule has 8 heteroatoms. The molecule has 1 aliphatic heterocycles. The molecular weight excluding hydrogens is 386 g/mol. The Morgan fingerprint density at radius 1 is 1.25 bits per heavy atom. The summed E-state index contributed by atoms with van der Waals surface area (Å²) in [7, 11) is 1.48. The molecule has 0 bridgehead atoms. The van der Waals surface area contributed by atoms with Gasteiger partial charge in [0.1, 0.15) is 18.2 Å². The van der Waals surface area contributed by atoms with E-state index in [4.69, 9.17) is 9.47 Å². The van der Waals surface area contributed by atoms with Crippen molar-refractivity contribution in [3.8, 4) is 11.5 Å². The Labute approximate surface area is 164 Å². The van der Waals surface area contributed by atoms with Crippen molar-refractivity contribution >= 4 is 22.9 Å². The molecule has 5 nitrogen and oxygen atoms in total. The summed E-state index contributed by atoms with van der Waals surface area (Å²) in [6.45, 7) is 0.574. The zero-order chi connectivity index (χ0) is 19.7. The molecule has 1 aromatic heterocycles. The lowest BCUT2D eigenvalue weighted by Gasteiger charge is -2.18. The average molecular weight is 402 g/mol. The quantitative estimate of drug-likeness (QED) is 0.642. The van der Waals surface area contributed by atoms with Gasteiger partial charge in [-0.15, -0.1) is 11.3 Å². The second kappa shape index (κ2) is 7.55. The van der Waals surface area contributed by atoms with Crippen LogP contribution in [0.4, 0.5) is 14.5 Å². The number of fused-ring (bicyclic) bond motifs is 1. The molecule has 3 aromatic rings. The molecule has 2 aromatic carbocycles. The predicted molar refractivity (Wildman–Crippen MR) is 101 cm³/mol. The SMILES string of the molecule is COc1cc(C(=O)N2CCc3c(F)cc(F)cc32)ccc1OCc1cscn1. The normalized spacial score (nSPS) is 12.8. The number of benzene rings is 2. The number of anilines is 1. The van der Waals surface area contributed by atoms with Gasteiger partial charge in [-0.1, -0.05) is 0 Å². The number of ether oxygens (including phenoxy) is 2. The summed E-state index contributed by atoms with van der Waals surface area (Å²) in [6.07, 6.45) is 0.346. The Balaban J connectivity index is 1.57. The number of carbonyl (C=O) groups excluding carboxylic acids is 1. The number of carbonyl (C=O) groups is 1. The fourth-order valence-corrected chi connectivity index (χ4v) is 3.71. The van der Waals surface area contributed by atoms with Crippen LogP contribution in [-0.4, -0.2) is 24.5 Å². The number of rotatable bonds is 5.